The van der Waals surface area contributed by atoms with Crippen LogP contribution in [-0.2, 0) is 9.59 Å². The zero-order valence-corrected chi connectivity index (χ0v) is 13.2. The highest BCUT2D eigenvalue weighted by atomic mass is 16.2. The zero-order valence-electron chi connectivity index (χ0n) is 13.2. The number of amides is 2. The molecule has 4 N–H and O–H groups in total. The minimum Gasteiger partial charge on any atom is -0.347 e. The molecule has 2 atom stereocenters. The van der Waals surface area contributed by atoms with Gasteiger partial charge in [-0.1, -0.05) is 6.92 Å². The van der Waals surface area contributed by atoms with Gasteiger partial charge in [-0.15, -0.1) is 0 Å². The van der Waals surface area contributed by atoms with E-state index in [0.29, 0.717) is 5.69 Å². The molecule has 122 valence electrons. The van der Waals surface area contributed by atoms with Gasteiger partial charge in [0.2, 0.25) is 11.8 Å². The molecule has 2 unspecified atom stereocenters. The highest BCUT2D eigenvalue weighted by Crippen LogP contribution is 2.12. The molecule has 0 radical (unpaired) electrons. The Balaban J connectivity index is 1.85. The molecule has 2 aromatic rings. The summed E-state index contributed by atoms with van der Waals surface area (Å²) in [6, 6.07) is 8.83. The number of nitrogens with two attached hydrogens (primary N) is 1. The second-order valence-electron chi connectivity index (χ2n) is 5.41. The summed E-state index contributed by atoms with van der Waals surface area (Å²) in [5.41, 5.74) is 7.20. The molecule has 0 aliphatic heterocycles. The summed E-state index contributed by atoms with van der Waals surface area (Å²) in [6.07, 6.45) is 3.53. The van der Waals surface area contributed by atoms with Gasteiger partial charge < -0.3 is 16.4 Å². The number of nitrogens with zero attached hydrogens (tertiary/aromatic N) is 2. The van der Waals surface area contributed by atoms with Crippen molar-refractivity contribution in [3.05, 3.63) is 42.7 Å². The smallest absolute Gasteiger partial charge is 0.243 e. The number of carbonyl (C=O) groups is 2. The number of benzene rings is 1. The Morgan fingerprint density at radius 2 is 1.96 bits per heavy atom. The van der Waals surface area contributed by atoms with Crippen molar-refractivity contribution in [1.82, 2.24) is 15.1 Å². The van der Waals surface area contributed by atoms with Gasteiger partial charge >= 0.3 is 0 Å². The molecule has 7 nitrogen and oxygen atoms in total. The highest BCUT2D eigenvalue weighted by Gasteiger charge is 2.17. The normalized spacial score (nSPS) is 13.2. The molecule has 1 aromatic carbocycles. The van der Waals surface area contributed by atoms with Gasteiger partial charge in [-0.2, -0.15) is 5.10 Å². The number of hydrogen-bond donors (Lipinski definition) is 3. The monoisotopic (exact) mass is 315 g/mol. The van der Waals surface area contributed by atoms with Crippen LogP contribution >= 0.6 is 0 Å². The van der Waals surface area contributed by atoms with Gasteiger partial charge in [0.1, 0.15) is 0 Å². The van der Waals surface area contributed by atoms with Crippen molar-refractivity contribution in [2.45, 2.75) is 19.9 Å². The van der Waals surface area contributed by atoms with Crippen molar-refractivity contribution >= 4 is 17.5 Å². The van der Waals surface area contributed by atoms with Crippen molar-refractivity contribution in [2.75, 3.05) is 11.9 Å². The Hall–Kier alpha value is -2.67. The lowest BCUT2D eigenvalue weighted by Gasteiger charge is -2.15. The third kappa shape index (κ3) is 4.65. The van der Waals surface area contributed by atoms with Crippen molar-refractivity contribution in [2.24, 2.45) is 11.7 Å². The molecule has 0 bridgehead atoms. The second-order valence-corrected chi connectivity index (χ2v) is 5.41. The van der Waals surface area contributed by atoms with Crippen LogP contribution in [0.5, 0.6) is 0 Å². The van der Waals surface area contributed by atoms with E-state index in [1.807, 2.05) is 24.4 Å². The molecule has 1 heterocycles. The lowest BCUT2D eigenvalue weighted by molar-refractivity contribution is -0.127. The van der Waals surface area contributed by atoms with Gasteiger partial charge in [0.05, 0.1) is 12.2 Å². The number of anilines is 1. The van der Waals surface area contributed by atoms with Crippen molar-refractivity contribution in [3.63, 3.8) is 0 Å². The second kappa shape index (κ2) is 7.55. The first-order valence-electron chi connectivity index (χ1n) is 7.40. The molecule has 7 heteroatoms. The van der Waals surface area contributed by atoms with Crippen LogP contribution in [0, 0.1) is 5.92 Å². The molecule has 0 saturated heterocycles. The number of rotatable bonds is 6. The average molecular weight is 315 g/mol. The predicted molar refractivity (Wildman–Crippen MR) is 88.0 cm³/mol. The topological polar surface area (TPSA) is 102 Å². The van der Waals surface area contributed by atoms with Crippen LogP contribution in [0.4, 0.5) is 5.69 Å². The van der Waals surface area contributed by atoms with E-state index in [9.17, 15) is 9.59 Å². The zero-order chi connectivity index (χ0) is 16.8. The number of nitrogens with one attached hydrogen (secondary N) is 2. The first-order valence-corrected chi connectivity index (χ1v) is 7.40. The van der Waals surface area contributed by atoms with Crippen LogP contribution in [0.3, 0.4) is 0 Å². The van der Waals surface area contributed by atoms with Gasteiger partial charge in [-0.05, 0) is 37.3 Å². The molecule has 2 rings (SSSR count). The Bertz CT molecular complexity index is 650. The first-order chi connectivity index (χ1) is 11.0. The fraction of sp³-hybridized carbons (Fsp3) is 0.312. The van der Waals surface area contributed by atoms with Crippen molar-refractivity contribution < 1.29 is 9.59 Å². The maximum Gasteiger partial charge on any atom is 0.243 e. The fourth-order valence-corrected chi connectivity index (χ4v) is 1.89. The highest BCUT2D eigenvalue weighted by molar-refractivity contribution is 5.94. The summed E-state index contributed by atoms with van der Waals surface area (Å²) in [5.74, 6) is -0.859. The predicted octanol–water partition coefficient (Wildman–Crippen LogP) is 0.910. The largest absolute Gasteiger partial charge is 0.347 e. The van der Waals surface area contributed by atoms with E-state index in [0.717, 1.165) is 5.69 Å². The summed E-state index contributed by atoms with van der Waals surface area (Å²) < 4.78 is 1.72. The minimum absolute atomic E-state index is 0.0865. The Morgan fingerprint density at radius 1 is 1.26 bits per heavy atom. The third-order valence-electron chi connectivity index (χ3n) is 3.55. The number of aromatic nitrogens is 2. The minimum atomic E-state index is -0.337. The summed E-state index contributed by atoms with van der Waals surface area (Å²) in [4.78, 5) is 23.6. The quantitative estimate of drug-likeness (QED) is 0.737. The van der Waals surface area contributed by atoms with Gasteiger partial charge in [-0.3, -0.25) is 9.59 Å². The first kappa shape index (κ1) is 16.7. The Morgan fingerprint density at radius 3 is 2.52 bits per heavy atom. The van der Waals surface area contributed by atoms with Crippen LogP contribution in [0.1, 0.15) is 13.8 Å². The summed E-state index contributed by atoms with van der Waals surface area (Å²) in [7, 11) is 0. The summed E-state index contributed by atoms with van der Waals surface area (Å²) >= 11 is 0. The Kier molecular flexibility index (Phi) is 5.48. The van der Waals surface area contributed by atoms with E-state index in [-0.39, 0.29) is 30.3 Å². The Labute approximate surface area is 134 Å². The van der Waals surface area contributed by atoms with E-state index < -0.39 is 0 Å². The molecule has 0 aliphatic carbocycles. The fourth-order valence-electron chi connectivity index (χ4n) is 1.89. The number of hydrogen-bond acceptors (Lipinski definition) is 4. The maximum atomic E-state index is 11.8. The molecule has 0 fully saturated rings. The molecular weight excluding hydrogens is 294 g/mol. The molecule has 2 amide bonds. The van der Waals surface area contributed by atoms with E-state index in [2.05, 4.69) is 15.7 Å². The van der Waals surface area contributed by atoms with Gasteiger partial charge in [0.15, 0.2) is 0 Å². The number of carbonyl (C=O) groups excluding carboxylic acids is 2. The summed E-state index contributed by atoms with van der Waals surface area (Å²) in [5, 5.41) is 9.42. The summed E-state index contributed by atoms with van der Waals surface area (Å²) in [6.45, 7) is 3.40. The van der Waals surface area contributed by atoms with Crippen LogP contribution in [0.25, 0.3) is 5.69 Å². The van der Waals surface area contributed by atoms with E-state index >= 15 is 0 Å². The third-order valence-corrected chi connectivity index (χ3v) is 3.55. The SMILES string of the molecule is CC(N)C(C)C(=O)NCC(=O)Nc1ccc(-n2cccn2)cc1. The molecule has 0 saturated carbocycles. The standard InChI is InChI=1S/C16H21N5O2/c1-11(12(2)17)16(23)18-10-15(22)20-13-4-6-14(7-5-13)21-9-3-8-19-21/h3-9,11-12H,10,17H2,1-2H3,(H,18,23)(H,20,22). The lowest BCUT2D eigenvalue weighted by Crippen LogP contribution is -2.41. The average Bonchev–Trinajstić information content (AvgIpc) is 3.07. The van der Waals surface area contributed by atoms with Crippen molar-refractivity contribution in [1.29, 1.82) is 0 Å². The molecule has 1 aromatic heterocycles. The van der Waals surface area contributed by atoms with Crippen molar-refractivity contribution in [3.8, 4) is 5.69 Å². The van der Waals surface area contributed by atoms with Crippen LogP contribution in [-0.4, -0.2) is 34.2 Å². The van der Waals surface area contributed by atoms with Gasteiger partial charge in [0.25, 0.3) is 0 Å². The molecule has 0 spiro atoms. The lowest BCUT2D eigenvalue weighted by atomic mass is 10.0. The van der Waals surface area contributed by atoms with Gasteiger partial charge in [-0.25, -0.2) is 4.68 Å². The molecule has 0 aliphatic rings. The van der Waals surface area contributed by atoms with Crippen LogP contribution in [0.15, 0.2) is 42.7 Å². The molecular formula is C16H21N5O2. The van der Waals surface area contributed by atoms with Gasteiger partial charge in [0, 0.05) is 30.0 Å². The van der Waals surface area contributed by atoms with E-state index in [1.54, 1.807) is 36.9 Å². The molecule has 23 heavy (non-hydrogen) atoms. The van der Waals surface area contributed by atoms with Crippen LogP contribution in [0.2, 0.25) is 0 Å². The maximum absolute atomic E-state index is 11.8. The van der Waals surface area contributed by atoms with E-state index in [4.69, 9.17) is 5.73 Å². The van der Waals surface area contributed by atoms with E-state index in [1.165, 1.54) is 0 Å². The van der Waals surface area contributed by atoms with Crippen LogP contribution < -0.4 is 16.4 Å².